The molecule has 0 aliphatic heterocycles. The van der Waals surface area contributed by atoms with Crippen LogP contribution in [0, 0.1) is 0 Å². The van der Waals surface area contributed by atoms with Gasteiger partial charge in [0, 0.05) is 10.8 Å². The van der Waals surface area contributed by atoms with Gasteiger partial charge >= 0.3 is 0 Å². The van der Waals surface area contributed by atoms with E-state index in [0.29, 0.717) is 0 Å². The van der Waals surface area contributed by atoms with Gasteiger partial charge in [0.25, 0.3) is 0 Å². The largest absolute Gasteiger partial charge is 0.112 e. The van der Waals surface area contributed by atoms with Crippen LogP contribution in [0.2, 0.25) is 26.2 Å². The molecule has 0 heterocycles. The molecule has 9 aromatic carbocycles. The number of rotatable bonds is 6. The fourth-order valence-electron chi connectivity index (χ4n) is 11.4. The molecule has 0 unspecified atom stereocenters. The number of hydrogen-bond donors (Lipinski definition) is 0. The van der Waals surface area contributed by atoms with Gasteiger partial charge in [0.1, 0.15) is 16.1 Å². The van der Waals surface area contributed by atoms with Crippen molar-refractivity contribution in [3.63, 3.8) is 0 Å². The summed E-state index contributed by atoms with van der Waals surface area (Å²) in [6.07, 6.45) is 0. The first-order chi connectivity index (χ1) is 29.8. The summed E-state index contributed by atoms with van der Waals surface area (Å²) in [6.45, 7) is 19.6. The van der Waals surface area contributed by atoms with Crippen molar-refractivity contribution in [1.29, 1.82) is 0 Å². The smallest absolute Gasteiger partial charge is 0.0620 e. The molecule has 0 saturated heterocycles. The molecular weight excluding hydrogens is 777 g/mol. The van der Waals surface area contributed by atoms with Crippen LogP contribution in [0.1, 0.15) is 49.9 Å². The summed E-state index contributed by atoms with van der Waals surface area (Å²) in [5.74, 6) is 0. The van der Waals surface area contributed by atoms with Crippen LogP contribution in [0.4, 0.5) is 0 Å². The lowest BCUT2D eigenvalue weighted by molar-refractivity contribution is 0.660. The lowest BCUT2D eigenvalue weighted by Gasteiger charge is -2.28. The quantitative estimate of drug-likeness (QED) is 0.116. The maximum absolute atomic E-state index is 2.54. The monoisotopic (exact) mass is 830 g/mol. The van der Waals surface area contributed by atoms with E-state index in [4.69, 9.17) is 0 Å². The Morgan fingerprint density at radius 2 is 0.581 bits per heavy atom. The summed E-state index contributed by atoms with van der Waals surface area (Å²) in [5, 5.41) is 11.1. The van der Waals surface area contributed by atoms with Crippen LogP contribution in [0.15, 0.2) is 182 Å². The summed E-state index contributed by atoms with van der Waals surface area (Å²) < 4.78 is 0. The van der Waals surface area contributed by atoms with E-state index in [1.54, 1.807) is 0 Å². The first kappa shape index (κ1) is 38.8. The van der Waals surface area contributed by atoms with Crippen molar-refractivity contribution in [2.75, 3.05) is 0 Å². The van der Waals surface area contributed by atoms with Crippen molar-refractivity contribution >= 4 is 58.4 Å². The Hall–Kier alpha value is -6.07. The molecule has 9 aromatic rings. The fourth-order valence-corrected chi connectivity index (χ4v) is 16.1. The fraction of sp³-hybridized carbons (Fsp3) is 0.167. The predicted molar refractivity (Wildman–Crippen MR) is 274 cm³/mol. The Bertz CT molecular complexity index is 2990. The van der Waals surface area contributed by atoms with Gasteiger partial charge < -0.3 is 0 Å². The Kier molecular flexibility index (Phi) is 8.59. The molecule has 0 bridgehead atoms. The van der Waals surface area contributed by atoms with Gasteiger partial charge in [-0.3, -0.25) is 0 Å². The average Bonchev–Trinajstić information content (AvgIpc) is 3.67. The third-order valence-electron chi connectivity index (χ3n) is 15.3. The maximum Gasteiger partial charge on any atom is 0.112 e. The summed E-state index contributed by atoms with van der Waals surface area (Å²) in [4.78, 5) is 0. The Morgan fingerprint density at radius 1 is 0.290 bits per heavy atom. The number of fused-ring (bicyclic) bond motifs is 8. The third-order valence-corrected chi connectivity index (χ3v) is 22.4. The molecule has 302 valence electrons. The zero-order valence-electron chi connectivity index (χ0n) is 37.3. The van der Waals surface area contributed by atoms with Crippen LogP contribution in [0.5, 0.6) is 0 Å². The zero-order chi connectivity index (χ0) is 42.8. The molecule has 0 amide bonds. The summed E-state index contributed by atoms with van der Waals surface area (Å²) in [6, 6.07) is 70.0. The molecule has 0 radical (unpaired) electrons. The van der Waals surface area contributed by atoms with Gasteiger partial charge in [-0.25, -0.2) is 0 Å². The third kappa shape index (κ3) is 5.62. The van der Waals surface area contributed by atoms with Crippen LogP contribution in [-0.2, 0) is 10.8 Å². The highest BCUT2D eigenvalue weighted by atomic mass is 28.3. The summed E-state index contributed by atoms with van der Waals surface area (Å²) in [7, 11) is -4.02. The Morgan fingerprint density at radius 3 is 0.935 bits per heavy atom. The van der Waals surface area contributed by atoms with Crippen molar-refractivity contribution in [3.8, 4) is 44.5 Å². The number of benzene rings is 9. The molecule has 62 heavy (non-hydrogen) atoms. The topological polar surface area (TPSA) is 0 Å². The highest BCUT2D eigenvalue weighted by molar-refractivity contribution is 7.01. The molecule has 2 heteroatoms. The molecule has 0 saturated carbocycles. The van der Waals surface area contributed by atoms with Crippen LogP contribution in [0.3, 0.4) is 0 Å². The van der Waals surface area contributed by atoms with Crippen LogP contribution in [-0.4, -0.2) is 16.1 Å². The molecule has 0 N–H and O–H groups in total. The highest BCUT2D eigenvalue weighted by Gasteiger charge is 2.39. The minimum atomic E-state index is -2.01. The molecule has 11 rings (SSSR count). The molecule has 2 aliphatic rings. The van der Waals surface area contributed by atoms with Crippen molar-refractivity contribution in [1.82, 2.24) is 0 Å². The lowest BCUT2D eigenvalue weighted by Crippen LogP contribution is -2.53. The first-order valence-electron chi connectivity index (χ1n) is 22.4. The van der Waals surface area contributed by atoms with Gasteiger partial charge in [-0.15, -0.1) is 0 Å². The SMILES string of the molecule is CC1(C)c2ccccc2-c2ccc([Si](C)(C)c3ccc(-c4c5ccccc5c(-c5ccc([Si](C)(C)c6ccc7c(c6)C(C)(C)c6ccccc6-7)cc5)c5ccccc45)cc3)cc21. The van der Waals surface area contributed by atoms with E-state index in [-0.39, 0.29) is 10.8 Å². The molecule has 2 aliphatic carbocycles. The van der Waals surface area contributed by atoms with Gasteiger partial charge in [0.05, 0.1) is 0 Å². The van der Waals surface area contributed by atoms with E-state index in [1.165, 1.54) is 109 Å². The van der Waals surface area contributed by atoms with Gasteiger partial charge in [-0.1, -0.05) is 257 Å². The standard InChI is InChI=1S/C60H54Si2/c1-59(2)53-23-15-13-17-45(53)47-35-33-43(37-55(47)59)61(5,6)41-29-25-39(26-30-41)57-49-19-9-11-21-51(49)58(52-22-12-10-20-50(52)57)40-27-31-42(32-28-40)62(7,8)44-34-36-48-46-18-14-16-24-54(46)60(3,4)56(48)38-44/h9-38H,1-8H3. The second-order valence-corrected chi connectivity index (χ2v) is 28.9. The first-order valence-corrected chi connectivity index (χ1v) is 28.4. The van der Waals surface area contributed by atoms with E-state index in [9.17, 15) is 0 Å². The maximum atomic E-state index is 2.54. The average molecular weight is 831 g/mol. The van der Waals surface area contributed by atoms with Gasteiger partial charge in [-0.2, -0.15) is 0 Å². The molecular formula is C60H54Si2. The van der Waals surface area contributed by atoms with Crippen LogP contribution >= 0.6 is 0 Å². The van der Waals surface area contributed by atoms with E-state index < -0.39 is 16.1 Å². The van der Waals surface area contributed by atoms with E-state index in [2.05, 4.69) is 236 Å². The van der Waals surface area contributed by atoms with Crippen molar-refractivity contribution < 1.29 is 0 Å². The summed E-state index contributed by atoms with van der Waals surface area (Å²) >= 11 is 0. The molecule has 0 nitrogen and oxygen atoms in total. The van der Waals surface area contributed by atoms with Gasteiger partial charge in [0.15, 0.2) is 0 Å². The zero-order valence-corrected chi connectivity index (χ0v) is 39.3. The van der Waals surface area contributed by atoms with Crippen molar-refractivity contribution in [2.24, 2.45) is 0 Å². The van der Waals surface area contributed by atoms with Gasteiger partial charge in [-0.05, 0) is 88.3 Å². The highest BCUT2D eigenvalue weighted by Crippen LogP contribution is 2.50. The van der Waals surface area contributed by atoms with E-state index in [1.807, 2.05) is 0 Å². The van der Waals surface area contributed by atoms with E-state index >= 15 is 0 Å². The lowest BCUT2D eigenvalue weighted by atomic mass is 9.82. The minimum absolute atomic E-state index is 0.000959. The van der Waals surface area contributed by atoms with Crippen molar-refractivity contribution in [2.45, 2.75) is 64.7 Å². The minimum Gasteiger partial charge on any atom is -0.0620 e. The predicted octanol–water partition coefficient (Wildman–Crippen LogP) is 13.6. The second-order valence-electron chi connectivity index (χ2n) is 20.1. The Labute approximate surface area is 370 Å². The van der Waals surface area contributed by atoms with E-state index in [0.717, 1.165) is 0 Å². The molecule has 0 fully saturated rings. The van der Waals surface area contributed by atoms with Crippen LogP contribution < -0.4 is 20.7 Å². The second kappa shape index (κ2) is 13.7. The molecule has 0 spiro atoms. The van der Waals surface area contributed by atoms with Crippen LogP contribution in [0.25, 0.3) is 66.1 Å². The molecule has 0 atom stereocenters. The number of hydrogen-bond acceptors (Lipinski definition) is 0. The Balaban J connectivity index is 0.951. The normalized spacial score (nSPS) is 14.7. The summed E-state index contributed by atoms with van der Waals surface area (Å²) in [5.41, 5.74) is 16.5. The van der Waals surface area contributed by atoms with Gasteiger partial charge in [0.2, 0.25) is 0 Å². The molecule has 0 aromatic heterocycles. The van der Waals surface area contributed by atoms with Crippen molar-refractivity contribution in [3.05, 3.63) is 204 Å².